The zero-order chi connectivity index (χ0) is 22.3. The van der Waals surface area contributed by atoms with Gasteiger partial charge in [-0.3, -0.25) is 0 Å². The number of amides is 2. The first-order valence-corrected chi connectivity index (χ1v) is 11.8. The predicted octanol–water partition coefficient (Wildman–Crippen LogP) is 5.60. The largest absolute Gasteiger partial charge is 0.335 e. The van der Waals surface area contributed by atoms with Crippen LogP contribution in [0.2, 0.25) is 0 Å². The van der Waals surface area contributed by atoms with E-state index in [2.05, 4.69) is 15.5 Å². The van der Waals surface area contributed by atoms with E-state index in [0.29, 0.717) is 17.5 Å². The number of hydrogen-bond acceptors (Lipinski definition) is 2. The number of anilines is 1. The summed E-state index contributed by atoms with van der Waals surface area (Å²) >= 11 is 0. The molecule has 0 radical (unpaired) electrons. The summed E-state index contributed by atoms with van der Waals surface area (Å²) in [6, 6.07) is 12.7. The van der Waals surface area contributed by atoms with Gasteiger partial charge in [-0.05, 0) is 86.4 Å². The van der Waals surface area contributed by atoms with Crippen LogP contribution in [0.3, 0.4) is 0 Å². The Bertz CT molecular complexity index is 889. The van der Waals surface area contributed by atoms with Crippen molar-refractivity contribution in [3.05, 3.63) is 65.7 Å². The first kappa shape index (κ1) is 22.7. The highest BCUT2D eigenvalue weighted by molar-refractivity contribution is 5.89. The van der Waals surface area contributed by atoms with Gasteiger partial charge in [-0.15, -0.1) is 0 Å². The lowest BCUT2D eigenvalue weighted by atomic mass is 9.83. The molecular formula is C26H33F2N3O. The number of likely N-dealkylation sites (tertiary alicyclic amines) is 1. The molecule has 2 fully saturated rings. The molecule has 3 atom stereocenters. The van der Waals surface area contributed by atoms with E-state index in [9.17, 15) is 13.6 Å². The smallest absolute Gasteiger partial charge is 0.319 e. The Hall–Kier alpha value is -2.47. The van der Waals surface area contributed by atoms with Gasteiger partial charge in [0.2, 0.25) is 0 Å². The van der Waals surface area contributed by atoms with Crippen molar-refractivity contribution in [2.75, 3.05) is 25.0 Å². The van der Waals surface area contributed by atoms with Crippen molar-refractivity contribution in [2.45, 2.75) is 51.0 Å². The lowest BCUT2D eigenvalue weighted by molar-refractivity contribution is 0.123. The van der Waals surface area contributed by atoms with E-state index in [0.717, 1.165) is 45.3 Å². The highest BCUT2D eigenvalue weighted by atomic mass is 19.1. The Kier molecular flexibility index (Phi) is 7.74. The third kappa shape index (κ3) is 6.52. The molecule has 2 N–H and O–H groups in total. The Labute approximate surface area is 189 Å². The second kappa shape index (κ2) is 10.9. The fourth-order valence-corrected chi connectivity index (χ4v) is 5.29. The lowest BCUT2D eigenvalue weighted by Gasteiger charge is -2.39. The van der Waals surface area contributed by atoms with Crippen molar-refractivity contribution >= 4 is 11.7 Å². The van der Waals surface area contributed by atoms with E-state index in [4.69, 9.17) is 0 Å². The molecule has 172 valence electrons. The number of carbonyl (C=O) groups is 1. The molecule has 6 heteroatoms. The maximum absolute atomic E-state index is 13.4. The number of nitrogens with one attached hydrogen (secondary N) is 2. The van der Waals surface area contributed by atoms with Gasteiger partial charge in [-0.25, -0.2) is 13.6 Å². The molecule has 2 aliphatic rings. The molecule has 1 saturated carbocycles. The number of hydrogen-bond donors (Lipinski definition) is 2. The SMILES string of the molecule is O=C(Nc1cccc(F)c1)N[C@@H]1CCCC[C@H]1CN1CCC[C@@H](Cc2ccc(F)cc2)C1. The summed E-state index contributed by atoms with van der Waals surface area (Å²) in [5.41, 5.74) is 1.67. The van der Waals surface area contributed by atoms with Gasteiger partial charge in [-0.1, -0.05) is 31.0 Å². The molecule has 0 bridgehead atoms. The Morgan fingerprint density at radius 1 is 0.969 bits per heavy atom. The predicted molar refractivity (Wildman–Crippen MR) is 124 cm³/mol. The third-order valence-corrected chi connectivity index (χ3v) is 6.84. The van der Waals surface area contributed by atoms with Crippen LogP contribution < -0.4 is 10.6 Å². The second-order valence-corrected chi connectivity index (χ2v) is 9.36. The van der Waals surface area contributed by atoms with Crippen LogP contribution in [0.5, 0.6) is 0 Å². The Morgan fingerprint density at radius 2 is 1.78 bits per heavy atom. The summed E-state index contributed by atoms with van der Waals surface area (Å²) in [5.74, 6) is 0.460. The Morgan fingerprint density at radius 3 is 2.59 bits per heavy atom. The average molecular weight is 442 g/mol. The molecule has 1 aliphatic heterocycles. The van der Waals surface area contributed by atoms with Gasteiger partial charge in [0.05, 0.1) is 0 Å². The summed E-state index contributed by atoms with van der Waals surface area (Å²) in [6.45, 7) is 3.14. The maximum atomic E-state index is 13.4. The number of benzene rings is 2. The molecule has 0 unspecified atom stereocenters. The number of halogens is 2. The van der Waals surface area contributed by atoms with Gasteiger partial charge in [-0.2, -0.15) is 0 Å². The topological polar surface area (TPSA) is 44.4 Å². The minimum absolute atomic E-state index is 0.134. The monoisotopic (exact) mass is 441 g/mol. The third-order valence-electron chi connectivity index (χ3n) is 6.84. The molecule has 2 aromatic carbocycles. The van der Waals surface area contributed by atoms with E-state index >= 15 is 0 Å². The molecule has 0 aromatic heterocycles. The zero-order valence-electron chi connectivity index (χ0n) is 18.5. The quantitative estimate of drug-likeness (QED) is 0.613. The Balaban J connectivity index is 1.30. The number of rotatable bonds is 6. The highest BCUT2D eigenvalue weighted by Crippen LogP contribution is 2.28. The van der Waals surface area contributed by atoms with Crippen LogP contribution in [0.15, 0.2) is 48.5 Å². The van der Waals surface area contributed by atoms with Gasteiger partial charge >= 0.3 is 6.03 Å². The molecule has 1 aliphatic carbocycles. The van der Waals surface area contributed by atoms with Crippen molar-refractivity contribution in [2.24, 2.45) is 11.8 Å². The van der Waals surface area contributed by atoms with E-state index in [1.54, 1.807) is 24.3 Å². The van der Waals surface area contributed by atoms with Gasteiger partial charge in [0, 0.05) is 24.8 Å². The lowest BCUT2D eigenvalue weighted by Crippen LogP contribution is -2.49. The van der Waals surface area contributed by atoms with Crippen molar-refractivity contribution in [1.29, 1.82) is 0 Å². The minimum Gasteiger partial charge on any atom is -0.335 e. The van der Waals surface area contributed by atoms with Crippen molar-refractivity contribution in [3.8, 4) is 0 Å². The average Bonchev–Trinajstić information content (AvgIpc) is 2.77. The number of urea groups is 1. The first-order chi connectivity index (χ1) is 15.5. The second-order valence-electron chi connectivity index (χ2n) is 9.36. The molecule has 0 spiro atoms. The van der Waals surface area contributed by atoms with Gasteiger partial charge in [0.15, 0.2) is 0 Å². The number of piperidine rings is 1. The standard InChI is InChI=1S/C26H33F2N3O/c27-22-12-10-19(11-13-22)15-20-5-4-14-31(17-20)18-21-6-1-2-9-25(21)30-26(32)29-24-8-3-7-23(28)16-24/h3,7-8,10-13,16,20-21,25H,1-2,4-6,9,14-15,17-18H2,(H2,29,30,32)/t20-,21-,25+/m0/s1. The van der Waals surface area contributed by atoms with Crippen molar-refractivity contribution in [1.82, 2.24) is 10.2 Å². The fraction of sp³-hybridized carbons (Fsp3) is 0.500. The van der Waals surface area contributed by atoms with Crippen LogP contribution in [0.4, 0.5) is 19.3 Å². The number of carbonyl (C=O) groups excluding carboxylic acids is 1. The van der Waals surface area contributed by atoms with Crippen LogP contribution in [-0.4, -0.2) is 36.6 Å². The highest BCUT2D eigenvalue weighted by Gasteiger charge is 2.30. The first-order valence-electron chi connectivity index (χ1n) is 11.8. The number of nitrogens with zero attached hydrogens (tertiary/aromatic N) is 1. The van der Waals surface area contributed by atoms with E-state index < -0.39 is 0 Å². The van der Waals surface area contributed by atoms with Crippen molar-refractivity contribution in [3.63, 3.8) is 0 Å². The molecular weight excluding hydrogens is 408 g/mol. The molecule has 2 aromatic rings. The van der Waals surface area contributed by atoms with E-state index in [1.165, 1.54) is 37.0 Å². The summed E-state index contributed by atoms with van der Waals surface area (Å²) in [5, 5.41) is 5.91. The van der Waals surface area contributed by atoms with Crippen LogP contribution in [0.1, 0.15) is 44.1 Å². The summed E-state index contributed by atoms with van der Waals surface area (Å²) in [6.07, 6.45) is 7.78. The molecule has 2 amide bonds. The van der Waals surface area contributed by atoms with Crippen LogP contribution in [0.25, 0.3) is 0 Å². The van der Waals surface area contributed by atoms with Crippen molar-refractivity contribution < 1.29 is 13.6 Å². The molecule has 32 heavy (non-hydrogen) atoms. The van der Waals surface area contributed by atoms with Gasteiger partial charge in [0.1, 0.15) is 11.6 Å². The molecule has 1 saturated heterocycles. The normalized spacial score (nSPS) is 24.1. The summed E-state index contributed by atoms with van der Waals surface area (Å²) in [4.78, 5) is 15.1. The minimum atomic E-state index is -0.362. The molecule has 4 rings (SSSR count). The summed E-state index contributed by atoms with van der Waals surface area (Å²) in [7, 11) is 0. The van der Waals surface area contributed by atoms with Gasteiger partial charge < -0.3 is 15.5 Å². The maximum Gasteiger partial charge on any atom is 0.319 e. The summed E-state index contributed by atoms with van der Waals surface area (Å²) < 4.78 is 26.6. The van der Waals surface area contributed by atoms with E-state index in [1.807, 2.05) is 12.1 Å². The van der Waals surface area contributed by atoms with Gasteiger partial charge in [0.25, 0.3) is 0 Å². The van der Waals surface area contributed by atoms with Crippen LogP contribution in [0, 0.1) is 23.5 Å². The van der Waals surface area contributed by atoms with Crippen LogP contribution >= 0.6 is 0 Å². The molecule has 4 nitrogen and oxygen atoms in total. The van der Waals surface area contributed by atoms with E-state index in [-0.39, 0.29) is 23.7 Å². The van der Waals surface area contributed by atoms with Crippen LogP contribution in [-0.2, 0) is 6.42 Å². The molecule has 1 heterocycles. The zero-order valence-corrected chi connectivity index (χ0v) is 18.5. The fourth-order valence-electron chi connectivity index (χ4n) is 5.29.